The van der Waals surface area contributed by atoms with Gasteiger partial charge >= 0.3 is 0 Å². The maximum Gasteiger partial charge on any atom is 0.170 e. The van der Waals surface area contributed by atoms with Crippen LogP contribution in [-0.4, -0.2) is 37.8 Å². The van der Waals surface area contributed by atoms with Crippen molar-refractivity contribution in [2.75, 3.05) is 13.2 Å². The summed E-state index contributed by atoms with van der Waals surface area (Å²) in [6.45, 7) is 11.7. The second-order valence-corrected chi connectivity index (χ2v) is 9.19. The highest BCUT2D eigenvalue weighted by molar-refractivity contribution is 7.80. The minimum Gasteiger partial charge on any atom is -0.396 e. The Morgan fingerprint density at radius 3 is 2.41 bits per heavy atom. The molecule has 5 nitrogen and oxygen atoms in total. The topological polar surface area (TPSA) is 53.3 Å². The largest absolute Gasteiger partial charge is 0.396 e. The fraction of sp³-hybridized carbons (Fsp3) is 0.385. The zero-order valence-electron chi connectivity index (χ0n) is 19.5. The summed E-state index contributed by atoms with van der Waals surface area (Å²) in [5.74, 6) is 0. The first-order valence-electron chi connectivity index (χ1n) is 11.2. The number of aliphatic hydroxyl groups is 1. The SMILES string of the molecule is Cc1cc(C)c(-n2c(C)cc([C@@H]3[C@@H](c4ccccn4)NC(=S)N3CCCO)c2C)c(C)c1. The molecule has 32 heavy (non-hydrogen) atoms. The fourth-order valence-electron chi connectivity index (χ4n) is 5.18. The molecule has 2 N–H and O–H groups in total. The normalized spacial score (nSPS) is 18.3. The van der Waals surface area contributed by atoms with Gasteiger partial charge in [-0.15, -0.1) is 0 Å². The summed E-state index contributed by atoms with van der Waals surface area (Å²) in [5.41, 5.74) is 9.70. The van der Waals surface area contributed by atoms with E-state index in [1.807, 2.05) is 18.3 Å². The van der Waals surface area contributed by atoms with Crippen LogP contribution in [0.5, 0.6) is 0 Å². The zero-order chi connectivity index (χ0) is 23.0. The molecule has 168 valence electrons. The van der Waals surface area contributed by atoms with E-state index in [1.54, 1.807) is 0 Å². The van der Waals surface area contributed by atoms with Gasteiger partial charge in [-0.25, -0.2) is 0 Å². The third kappa shape index (κ3) is 3.93. The number of pyridine rings is 1. The number of aliphatic hydroxyl groups excluding tert-OH is 1. The van der Waals surface area contributed by atoms with Crippen molar-refractivity contribution in [3.8, 4) is 5.69 Å². The number of nitrogens with zero attached hydrogens (tertiary/aromatic N) is 3. The van der Waals surface area contributed by atoms with Crippen molar-refractivity contribution in [2.45, 2.75) is 53.1 Å². The highest BCUT2D eigenvalue weighted by atomic mass is 32.1. The van der Waals surface area contributed by atoms with Gasteiger partial charge in [0.1, 0.15) is 0 Å². The molecule has 4 rings (SSSR count). The van der Waals surface area contributed by atoms with E-state index < -0.39 is 0 Å². The van der Waals surface area contributed by atoms with Crippen LogP contribution in [0.1, 0.15) is 57.8 Å². The third-order valence-electron chi connectivity index (χ3n) is 6.40. The van der Waals surface area contributed by atoms with E-state index in [4.69, 9.17) is 12.2 Å². The number of hydrogen-bond donors (Lipinski definition) is 2. The standard InChI is InChI=1S/C26H32N4OS/c1-16-13-17(2)24(18(3)14-16)30-19(4)15-21(20(30)5)25-23(22-9-6-7-10-27-22)28-26(32)29(25)11-8-12-31/h6-7,9-10,13-15,23,25,31H,8,11-12H2,1-5H3,(H,28,32)/t23-,25-/m1/s1. The molecule has 0 aliphatic carbocycles. The van der Waals surface area contributed by atoms with Crippen LogP contribution in [0.15, 0.2) is 42.6 Å². The molecular weight excluding hydrogens is 416 g/mol. The number of aromatic nitrogens is 2. The molecule has 2 atom stereocenters. The molecule has 1 saturated heterocycles. The molecule has 1 fully saturated rings. The number of hydrogen-bond acceptors (Lipinski definition) is 3. The lowest BCUT2D eigenvalue weighted by atomic mass is 9.96. The summed E-state index contributed by atoms with van der Waals surface area (Å²) in [6.07, 6.45) is 2.50. The number of nitrogens with one attached hydrogen (secondary N) is 1. The monoisotopic (exact) mass is 448 g/mol. The quantitative estimate of drug-likeness (QED) is 0.532. The summed E-state index contributed by atoms with van der Waals surface area (Å²) >= 11 is 5.74. The van der Waals surface area contributed by atoms with E-state index in [0.717, 1.165) is 5.69 Å². The van der Waals surface area contributed by atoms with Crippen LogP contribution < -0.4 is 5.32 Å². The Morgan fingerprint density at radius 1 is 1.06 bits per heavy atom. The van der Waals surface area contributed by atoms with Gasteiger partial charge in [0.2, 0.25) is 0 Å². The highest BCUT2D eigenvalue weighted by Gasteiger charge is 2.41. The summed E-state index contributed by atoms with van der Waals surface area (Å²) in [6, 6.07) is 12.8. The molecule has 0 bridgehead atoms. The van der Waals surface area contributed by atoms with Gasteiger partial charge in [-0.2, -0.15) is 0 Å². The first kappa shape index (κ1) is 22.5. The van der Waals surface area contributed by atoms with Crippen molar-refractivity contribution >= 4 is 17.3 Å². The predicted octanol–water partition coefficient (Wildman–Crippen LogP) is 4.77. The van der Waals surface area contributed by atoms with Gasteiger partial charge in [-0.1, -0.05) is 23.8 Å². The molecule has 0 unspecified atom stereocenters. The van der Waals surface area contributed by atoms with E-state index in [1.165, 1.54) is 39.3 Å². The number of thiocarbonyl (C=S) groups is 1. The van der Waals surface area contributed by atoms with Gasteiger partial charge in [0.25, 0.3) is 0 Å². The van der Waals surface area contributed by atoms with Crippen molar-refractivity contribution < 1.29 is 5.11 Å². The Bertz CT molecular complexity index is 1120. The van der Waals surface area contributed by atoms with Crippen LogP contribution in [0.2, 0.25) is 0 Å². The van der Waals surface area contributed by atoms with Crippen LogP contribution >= 0.6 is 12.2 Å². The number of benzene rings is 1. The lowest BCUT2D eigenvalue weighted by Gasteiger charge is -2.28. The molecule has 0 spiro atoms. The average molecular weight is 449 g/mol. The van der Waals surface area contributed by atoms with Crippen molar-refractivity contribution in [1.82, 2.24) is 19.8 Å². The predicted molar refractivity (Wildman–Crippen MR) is 133 cm³/mol. The molecule has 2 aromatic heterocycles. The van der Waals surface area contributed by atoms with Crippen LogP contribution in [0.3, 0.4) is 0 Å². The van der Waals surface area contributed by atoms with Crippen molar-refractivity contribution in [1.29, 1.82) is 0 Å². The van der Waals surface area contributed by atoms with Crippen LogP contribution in [0.25, 0.3) is 5.69 Å². The lowest BCUT2D eigenvalue weighted by Crippen LogP contribution is -2.31. The molecule has 3 aromatic rings. The molecular formula is C26H32N4OS. The molecule has 1 aliphatic heterocycles. The second kappa shape index (κ2) is 9.04. The number of rotatable bonds is 6. The van der Waals surface area contributed by atoms with E-state index in [-0.39, 0.29) is 18.7 Å². The Hall–Kier alpha value is -2.70. The van der Waals surface area contributed by atoms with E-state index in [2.05, 4.69) is 78.7 Å². The Labute approximate surface area is 196 Å². The minimum absolute atomic E-state index is 0.00922. The van der Waals surface area contributed by atoms with Gasteiger partial charge in [-0.05, 0) is 88.1 Å². The molecule has 3 heterocycles. The summed E-state index contributed by atoms with van der Waals surface area (Å²) in [5, 5.41) is 13.7. The summed E-state index contributed by atoms with van der Waals surface area (Å²) < 4.78 is 2.38. The van der Waals surface area contributed by atoms with Crippen LogP contribution in [0.4, 0.5) is 0 Å². The minimum atomic E-state index is -0.0449. The summed E-state index contributed by atoms with van der Waals surface area (Å²) in [4.78, 5) is 6.85. The Kier molecular flexibility index (Phi) is 6.35. The van der Waals surface area contributed by atoms with Gasteiger partial charge in [0, 0.05) is 30.7 Å². The molecule has 0 saturated carbocycles. The maximum atomic E-state index is 9.48. The van der Waals surface area contributed by atoms with E-state index in [9.17, 15) is 5.11 Å². The van der Waals surface area contributed by atoms with Crippen LogP contribution in [0, 0.1) is 34.6 Å². The van der Waals surface area contributed by atoms with Gasteiger partial charge in [-0.3, -0.25) is 4.98 Å². The highest BCUT2D eigenvalue weighted by Crippen LogP contribution is 2.41. The molecule has 1 aromatic carbocycles. The van der Waals surface area contributed by atoms with Gasteiger partial charge < -0.3 is 19.9 Å². The smallest absolute Gasteiger partial charge is 0.170 e. The van der Waals surface area contributed by atoms with Crippen molar-refractivity contribution in [2.24, 2.45) is 0 Å². The average Bonchev–Trinajstić information content (AvgIpc) is 3.22. The molecule has 1 aliphatic rings. The van der Waals surface area contributed by atoms with Gasteiger partial charge in [0.15, 0.2) is 5.11 Å². The Balaban J connectivity index is 1.86. The first-order valence-corrected chi connectivity index (χ1v) is 11.6. The summed E-state index contributed by atoms with van der Waals surface area (Å²) in [7, 11) is 0. The third-order valence-corrected chi connectivity index (χ3v) is 6.76. The zero-order valence-corrected chi connectivity index (χ0v) is 20.3. The number of aryl methyl sites for hydroxylation is 4. The van der Waals surface area contributed by atoms with E-state index in [0.29, 0.717) is 18.1 Å². The first-order chi connectivity index (χ1) is 15.3. The fourth-order valence-corrected chi connectivity index (χ4v) is 5.51. The second-order valence-electron chi connectivity index (χ2n) is 8.81. The maximum absolute atomic E-state index is 9.48. The van der Waals surface area contributed by atoms with Crippen molar-refractivity contribution in [3.63, 3.8) is 0 Å². The molecule has 0 amide bonds. The van der Waals surface area contributed by atoms with E-state index >= 15 is 0 Å². The van der Waals surface area contributed by atoms with Crippen LogP contribution in [-0.2, 0) is 0 Å². The van der Waals surface area contributed by atoms with Gasteiger partial charge in [0.05, 0.1) is 23.5 Å². The molecule has 0 radical (unpaired) electrons. The Morgan fingerprint density at radius 2 is 1.78 bits per heavy atom. The lowest BCUT2D eigenvalue weighted by molar-refractivity contribution is 0.247. The van der Waals surface area contributed by atoms with Crippen molar-refractivity contribution in [3.05, 3.63) is 81.9 Å². The molecule has 6 heteroatoms.